The zero-order chi connectivity index (χ0) is 22.3. The van der Waals surface area contributed by atoms with Crippen LogP contribution in [0.2, 0.25) is 5.02 Å². The average Bonchev–Trinajstić information content (AvgIpc) is 3.06. The molecular weight excluding hydrogens is 429 g/mol. The first-order valence-corrected chi connectivity index (χ1v) is 9.31. The Morgan fingerprint density at radius 1 is 1.33 bits per heavy atom. The molecule has 2 heterocycles. The Morgan fingerprint density at radius 2 is 1.97 bits per heavy atom. The minimum Gasteiger partial charge on any atom is -0.492 e. The Bertz CT molecular complexity index is 830. The molecule has 1 aromatic heterocycles. The fourth-order valence-corrected chi connectivity index (χ4v) is 3.07. The maximum atomic E-state index is 10.6. The summed E-state index contributed by atoms with van der Waals surface area (Å²) in [4.78, 5) is 11.2. The van der Waals surface area contributed by atoms with Crippen LogP contribution in [-0.2, 0) is 23.0 Å². The van der Waals surface area contributed by atoms with Gasteiger partial charge in [0.05, 0.1) is 18.3 Å². The lowest BCUT2D eigenvalue weighted by atomic mass is 10.0. The number of aryl methyl sites for hydroxylation is 1. The maximum absolute atomic E-state index is 10.6. The van der Waals surface area contributed by atoms with Crippen molar-refractivity contribution >= 4 is 17.6 Å². The number of methoxy groups -OCH3 is 1. The summed E-state index contributed by atoms with van der Waals surface area (Å²) in [6, 6.07) is 7.55. The van der Waals surface area contributed by atoms with Gasteiger partial charge in [-0.15, -0.1) is 5.10 Å². The number of nitrogens with zero attached hydrogens (tertiary/aromatic N) is 4. The number of halogens is 4. The Morgan fingerprint density at radius 3 is 2.53 bits per heavy atom. The zero-order valence-corrected chi connectivity index (χ0v) is 17.2. The molecule has 1 aromatic carbocycles. The molecule has 0 fully saturated rings. The van der Waals surface area contributed by atoms with E-state index in [4.69, 9.17) is 31.0 Å². The smallest absolute Gasteiger partial charge is 0.490 e. The minimum atomic E-state index is -5.08. The zero-order valence-electron chi connectivity index (χ0n) is 16.4. The number of rotatable bonds is 6. The van der Waals surface area contributed by atoms with Crippen LogP contribution in [0.5, 0.6) is 5.75 Å². The SMILES string of the molecule is COCC1c2nnn(C)c2CCN1CCOc1ccc(Cl)cc1.O=C(O)C(F)(F)F. The van der Waals surface area contributed by atoms with Crippen LogP contribution in [0.3, 0.4) is 0 Å². The fourth-order valence-electron chi connectivity index (χ4n) is 2.94. The van der Waals surface area contributed by atoms with Crippen LogP contribution in [0.15, 0.2) is 24.3 Å². The van der Waals surface area contributed by atoms with Gasteiger partial charge in [-0.1, -0.05) is 16.8 Å². The third-order valence-electron chi connectivity index (χ3n) is 4.39. The van der Waals surface area contributed by atoms with E-state index in [-0.39, 0.29) is 6.04 Å². The highest BCUT2D eigenvalue weighted by atomic mass is 35.5. The van der Waals surface area contributed by atoms with Crippen LogP contribution < -0.4 is 4.74 Å². The third kappa shape index (κ3) is 6.57. The van der Waals surface area contributed by atoms with Gasteiger partial charge in [0.1, 0.15) is 18.1 Å². The lowest BCUT2D eigenvalue weighted by Gasteiger charge is -2.34. The average molecular weight is 451 g/mol. The molecular formula is C18H22ClF3N4O4. The van der Waals surface area contributed by atoms with E-state index in [1.807, 2.05) is 36.0 Å². The first-order valence-electron chi connectivity index (χ1n) is 8.93. The quantitative estimate of drug-likeness (QED) is 0.723. The molecule has 0 radical (unpaired) electrons. The molecule has 2 aromatic rings. The number of fused-ring (bicyclic) bond motifs is 1. The van der Waals surface area contributed by atoms with Gasteiger partial charge < -0.3 is 14.6 Å². The highest BCUT2D eigenvalue weighted by Gasteiger charge is 2.38. The van der Waals surface area contributed by atoms with E-state index in [2.05, 4.69) is 15.2 Å². The molecule has 0 spiro atoms. The molecule has 166 valence electrons. The van der Waals surface area contributed by atoms with E-state index in [1.165, 1.54) is 5.69 Å². The van der Waals surface area contributed by atoms with E-state index < -0.39 is 12.1 Å². The molecule has 0 aliphatic carbocycles. The third-order valence-corrected chi connectivity index (χ3v) is 4.65. The van der Waals surface area contributed by atoms with E-state index in [1.54, 1.807) is 7.11 Å². The predicted octanol–water partition coefficient (Wildman–Crippen LogP) is 2.73. The largest absolute Gasteiger partial charge is 0.492 e. The number of hydrogen-bond acceptors (Lipinski definition) is 6. The summed E-state index contributed by atoms with van der Waals surface area (Å²) < 4.78 is 44.8. The van der Waals surface area contributed by atoms with Crippen molar-refractivity contribution in [2.45, 2.75) is 18.6 Å². The molecule has 1 atom stereocenters. The molecule has 1 aliphatic rings. The standard InChI is InChI=1S/C16H21ClN4O2.C2HF3O2/c1-20-14-7-8-21(15(11-22-2)16(14)18-19-20)9-10-23-13-5-3-12(17)4-6-13;3-2(4,5)1(6)7/h3-6,15H,7-11H2,1-2H3;(H,6,7). The van der Waals surface area contributed by atoms with Gasteiger partial charge >= 0.3 is 12.1 Å². The normalized spacial score (nSPS) is 16.4. The second kappa shape index (κ2) is 10.6. The summed E-state index contributed by atoms with van der Waals surface area (Å²) in [7, 11) is 3.65. The molecule has 1 N–H and O–H groups in total. The molecule has 30 heavy (non-hydrogen) atoms. The van der Waals surface area contributed by atoms with Gasteiger partial charge in [-0.2, -0.15) is 13.2 Å². The number of aromatic nitrogens is 3. The summed E-state index contributed by atoms with van der Waals surface area (Å²) in [6.45, 7) is 2.98. The summed E-state index contributed by atoms with van der Waals surface area (Å²) >= 11 is 5.88. The maximum Gasteiger partial charge on any atom is 0.490 e. The van der Waals surface area contributed by atoms with E-state index in [0.29, 0.717) is 18.2 Å². The van der Waals surface area contributed by atoms with Crippen LogP contribution in [-0.4, -0.2) is 70.6 Å². The van der Waals surface area contributed by atoms with Crippen molar-refractivity contribution < 1.29 is 32.5 Å². The number of carbonyl (C=O) groups is 1. The van der Waals surface area contributed by atoms with Crippen LogP contribution in [0.25, 0.3) is 0 Å². The predicted molar refractivity (Wildman–Crippen MR) is 102 cm³/mol. The number of carboxylic acids is 1. The molecule has 0 saturated carbocycles. The second-order valence-corrected chi connectivity index (χ2v) is 6.84. The van der Waals surface area contributed by atoms with Crippen molar-refractivity contribution in [1.82, 2.24) is 19.9 Å². The van der Waals surface area contributed by atoms with Crippen molar-refractivity contribution in [2.24, 2.45) is 7.05 Å². The van der Waals surface area contributed by atoms with Gasteiger partial charge in [-0.3, -0.25) is 9.58 Å². The minimum absolute atomic E-state index is 0.131. The fraction of sp³-hybridized carbons (Fsp3) is 0.500. The first-order chi connectivity index (χ1) is 14.1. The van der Waals surface area contributed by atoms with Crippen LogP contribution in [0.1, 0.15) is 17.4 Å². The number of carboxylic acid groups (broad SMARTS) is 1. The molecule has 1 aliphatic heterocycles. The van der Waals surface area contributed by atoms with Crippen LogP contribution >= 0.6 is 11.6 Å². The van der Waals surface area contributed by atoms with E-state index in [0.717, 1.165) is 31.0 Å². The topological polar surface area (TPSA) is 89.7 Å². The van der Waals surface area contributed by atoms with Gasteiger partial charge in [0.2, 0.25) is 0 Å². The summed E-state index contributed by atoms with van der Waals surface area (Å²) in [5.74, 6) is -1.93. The summed E-state index contributed by atoms with van der Waals surface area (Å²) in [6.07, 6.45) is -4.14. The van der Waals surface area contributed by atoms with Crippen molar-refractivity contribution in [1.29, 1.82) is 0 Å². The molecule has 0 saturated heterocycles. The van der Waals surface area contributed by atoms with Gasteiger partial charge in [-0.05, 0) is 24.3 Å². The summed E-state index contributed by atoms with van der Waals surface area (Å²) in [5.41, 5.74) is 2.22. The Labute approximate surface area is 176 Å². The lowest BCUT2D eigenvalue weighted by Crippen LogP contribution is -2.40. The Balaban J connectivity index is 0.000000396. The number of ether oxygens (including phenoxy) is 2. The van der Waals surface area contributed by atoms with Crippen LogP contribution in [0.4, 0.5) is 13.2 Å². The van der Waals surface area contributed by atoms with Crippen molar-refractivity contribution in [3.05, 3.63) is 40.7 Å². The van der Waals surface area contributed by atoms with Crippen molar-refractivity contribution in [2.75, 3.05) is 33.4 Å². The second-order valence-electron chi connectivity index (χ2n) is 6.41. The van der Waals surface area contributed by atoms with E-state index in [9.17, 15) is 13.2 Å². The molecule has 3 rings (SSSR count). The first kappa shape index (κ1) is 23.9. The monoisotopic (exact) mass is 450 g/mol. The number of benzene rings is 1. The highest BCUT2D eigenvalue weighted by Crippen LogP contribution is 2.27. The highest BCUT2D eigenvalue weighted by molar-refractivity contribution is 6.30. The van der Waals surface area contributed by atoms with Gasteiger partial charge in [0.15, 0.2) is 0 Å². The molecule has 8 nitrogen and oxygen atoms in total. The molecule has 12 heteroatoms. The lowest BCUT2D eigenvalue weighted by molar-refractivity contribution is -0.192. The molecule has 0 bridgehead atoms. The van der Waals surface area contributed by atoms with Gasteiger partial charge in [0, 0.05) is 38.7 Å². The number of alkyl halides is 3. The van der Waals surface area contributed by atoms with Crippen molar-refractivity contribution in [3.8, 4) is 5.75 Å². The van der Waals surface area contributed by atoms with Gasteiger partial charge in [0.25, 0.3) is 0 Å². The Kier molecular flexibility index (Phi) is 8.44. The number of aliphatic carboxylic acids is 1. The number of hydrogen-bond donors (Lipinski definition) is 1. The molecule has 0 amide bonds. The Hall–Kier alpha value is -2.37. The van der Waals surface area contributed by atoms with E-state index >= 15 is 0 Å². The van der Waals surface area contributed by atoms with Crippen LogP contribution in [0, 0.1) is 0 Å². The van der Waals surface area contributed by atoms with Crippen molar-refractivity contribution in [3.63, 3.8) is 0 Å². The summed E-state index contributed by atoms with van der Waals surface area (Å²) in [5, 5.41) is 16.3. The van der Waals surface area contributed by atoms with Gasteiger partial charge in [-0.25, -0.2) is 4.79 Å². The molecule has 1 unspecified atom stereocenters.